The van der Waals surface area contributed by atoms with Crippen molar-refractivity contribution in [1.29, 1.82) is 0 Å². The molecule has 0 aromatic heterocycles. The Hall–Kier alpha value is -2.70. The van der Waals surface area contributed by atoms with Gasteiger partial charge in [-0.3, -0.25) is 19.3 Å². The van der Waals surface area contributed by atoms with Crippen LogP contribution in [0, 0.1) is 0 Å². The minimum absolute atomic E-state index is 0.0226. The van der Waals surface area contributed by atoms with Crippen molar-refractivity contribution in [3.63, 3.8) is 0 Å². The molecule has 0 radical (unpaired) electrons. The zero-order valence-corrected chi connectivity index (χ0v) is 15.3. The minimum Gasteiger partial charge on any atom is -0.480 e. The van der Waals surface area contributed by atoms with E-state index in [2.05, 4.69) is 6.58 Å². The van der Waals surface area contributed by atoms with Crippen LogP contribution >= 0.6 is 0 Å². The molecule has 0 aromatic rings. The Labute approximate surface area is 154 Å². The molecule has 0 saturated carbocycles. The number of rotatable bonds is 12. The average molecular weight is 365 g/mol. The lowest BCUT2D eigenvalue weighted by atomic mass is 10.1. The van der Waals surface area contributed by atoms with Crippen LogP contribution in [-0.2, 0) is 23.9 Å². The van der Waals surface area contributed by atoms with E-state index in [0.717, 1.165) is 0 Å². The van der Waals surface area contributed by atoms with Crippen molar-refractivity contribution in [2.45, 2.75) is 52.0 Å². The molecule has 0 aliphatic rings. The first-order valence-electron chi connectivity index (χ1n) is 8.45. The van der Waals surface area contributed by atoms with E-state index in [1.165, 1.54) is 6.08 Å². The molecule has 0 aliphatic heterocycles. The van der Waals surface area contributed by atoms with Gasteiger partial charge < -0.3 is 9.84 Å². The first kappa shape index (κ1) is 23.3. The Morgan fingerprint density at radius 1 is 1.04 bits per heavy atom. The van der Waals surface area contributed by atoms with Crippen LogP contribution in [0.3, 0.4) is 0 Å². The number of carbonyl (C=O) groups is 4. The van der Waals surface area contributed by atoms with E-state index < -0.39 is 36.2 Å². The normalized spacial score (nSPS) is 12.1. The quantitative estimate of drug-likeness (QED) is 0.421. The summed E-state index contributed by atoms with van der Waals surface area (Å²) in [7, 11) is 0. The van der Waals surface area contributed by atoms with E-state index in [1.54, 1.807) is 38.2 Å². The van der Waals surface area contributed by atoms with Crippen LogP contribution in [-0.4, -0.2) is 46.4 Å². The zero-order valence-electron chi connectivity index (χ0n) is 15.3. The van der Waals surface area contributed by atoms with Crippen molar-refractivity contribution < 1.29 is 29.0 Å². The molecule has 0 aromatic carbocycles. The Kier molecular flexibility index (Phi) is 12.2. The van der Waals surface area contributed by atoms with E-state index in [-0.39, 0.29) is 19.4 Å². The van der Waals surface area contributed by atoms with E-state index in [1.807, 2.05) is 0 Å². The van der Waals surface area contributed by atoms with Gasteiger partial charge >= 0.3 is 11.9 Å². The number of esters is 1. The van der Waals surface area contributed by atoms with Crippen molar-refractivity contribution in [2.24, 2.45) is 0 Å². The van der Waals surface area contributed by atoms with Gasteiger partial charge in [0.05, 0.1) is 6.42 Å². The highest BCUT2D eigenvalue weighted by molar-refractivity contribution is 6.00. The predicted molar refractivity (Wildman–Crippen MR) is 97.1 cm³/mol. The topological polar surface area (TPSA) is 101 Å². The number of carbonyl (C=O) groups excluding carboxylic acids is 3. The monoisotopic (exact) mass is 365 g/mol. The molecule has 0 aliphatic carbocycles. The predicted octanol–water partition coefficient (Wildman–Crippen LogP) is 2.63. The lowest BCUT2D eigenvalue weighted by Gasteiger charge is -2.26. The van der Waals surface area contributed by atoms with Gasteiger partial charge in [-0.1, -0.05) is 37.0 Å². The van der Waals surface area contributed by atoms with Crippen LogP contribution in [0.1, 0.15) is 46.0 Å². The second-order valence-electron chi connectivity index (χ2n) is 5.40. The average Bonchev–Trinajstić information content (AvgIpc) is 2.59. The molecule has 26 heavy (non-hydrogen) atoms. The molecule has 144 valence electrons. The second kappa shape index (κ2) is 13.6. The highest BCUT2D eigenvalue weighted by atomic mass is 16.5. The molecule has 7 heteroatoms. The maximum atomic E-state index is 12.5. The Balaban J connectivity index is 5.39. The fourth-order valence-corrected chi connectivity index (χ4v) is 2.13. The summed E-state index contributed by atoms with van der Waals surface area (Å²) in [6.07, 6.45) is 8.45. The van der Waals surface area contributed by atoms with E-state index in [0.29, 0.717) is 17.7 Å². The Morgan fingerprint density at radius 2 is 1.54 bits per heavy atom. The second-order valence-corrected chi connectivity index (χ2v) is 5.40. The molecule has 1 N–H and O–H groups in total. The van der Waals surface area contributed by atoms with Crippen LogP contribution in [0.5, 0.6) is 0 Å². The van der Waals surface area contributed by atoms with Gasteiger partial charge in [0, 0.05) is 12.8 Å². The summed E-state index contributed by atoms with van der Waals surface area (Å²) in [5.41, 5.74) is 0. The third kappa shape index (κ3) is 8.96. The lowest BCUT2D eigenvalue weighted by Crippen LogP contribution is -2.49. The summed E-state index contributed by atoms with van der Waals surface area (Å²) in [6, 6.07) is -1.59. The highest BCUT2D eigenvalue weighted by Gasteiger charge is 2.35. The summed E-state index contributed by atoms with van der Waals surface area (Å²) < 4.78 is 4.79. The third-order valence-corrected chi connectivity index (χ3v) is 3.38. The SMILES string of the molecule is C=CCOC(=O)CC(C(=O)O)N(C(=O)CC/C=C/C)C(=O)CC/C=C/C. The van der Waals surface area contributed by atoms with Crippen molar-refractivity contribution >= 4 is 23.8 Å². The molecule has 7 nitrogen and oxygen atoms in total. The number of hydrogen-bond acceptors (Lipinski definition) is 5. The largest absolute Gasteiger partial charge is 0.480 e. The molecule has 0 rings (SSSR count). The molecular formula is C19H27NO6. The molecule has 2 amide bonds. The van der Waals surface area contributed by atoms with Gasteiger partial charge in [-0.15, -0.1) is 0 Å². The molecule has 0 spiro atoms. The van der Waals surface area contributed by atoms with Gasteiger partial charge in [-0.05, 0) is 26.7 Å². The number of carboxylic acids is 1. The number of hydrogen-bond donors (Lipinski definition) is 1. The summed E-state index contributed by atoms with van der Waals surface area (Å²) in [4.78, 5) is 49.0. The molecule has 0 saturated heterocycles. The van der Waals surface area contributed by atoms with Gasteiger partial charge in [0.15, 0.2) is 0 Å². The number of imide groups is 1. The first-order valence-corrected chi connectivity index (χ1v) is 8.45. The van der Waals surface area contributed by atoms with Crippen molar-refractivity contribution in [3.8, 4) is 0 Å². The summed E-state index contributed by atoms with van der Waals surface area (Å²) in [6.45, 7) is 6.91. The molecule has 0 heterocycles. The van der Waals surface area contributed by atoms with Crippen LogP contribution < -0.4 is 0 Å². The van der Waals surface area contributed by atoms with Gasteiger partial charge in [0.25, 0.3) is 0 Å². The fourth-order valence-electron chi connectivity index (χ4n) is 2.13. The molecule has 1 unspecified atom stereocenters. The standard InChI is InChI=1S/C19H27NO6/c1-4-7-9-11-16(21)20(17(22)12-10-8-5-2)15(19(24)25)14-18(23)26-13-6-3/h4-8,15H,3,9-14H2,1-2H3,(H,24,25)/b7-4+,8-5+. The lowest BCUT2D eigenvalue weighted by molar-refractivity contribution is -0.161. The van der Waals surface area contributed by atoms with Crippen molar-refractivity contribution in [3.05, 3.63) is 37.0 Å². The molecule has 0 fully saturated rings. The minimum atomic E-state index is -1.59. The van der Waals surface area contributed by atoms with Gasteiger partial charge in [-0.25, -0.2) is 4.79 Å². The van der Waals surface area contributed by atoms with Crippen LogP contribution in [0.15, 0.2) is 37.0 Å². The maximum absolute atomic E-state index is 12.5. The molecular weight excluding hydrogens is 338 g/mol. The Morgan fingerprint density at radius 3 is 1.92 bits per heavy atom. The van der Waals surface area contributed by atoms with Gasteiger partial charge in [-0.2, -0.15) is 0 Å². The van der Waals surface area contributed by atoms with Crippen molar-refractivity contribution in [1.82, 2.24) is 4.90 Å². The number of nitrogens with zero attached hydrogens (tertiary/aromatic N) is 1. The van der Waals surface area contributed by atoms with E-state index in [4.69, 9.17) is 4.74 Å². The van der Waals surface area contributed by atoms with Crippen LogP contribution in [0.2, 0.25) is 0 Å². The molecule has 0 bridgehead atoms. The summed E-state index contributed by atoms with van der Waals surface area (Å²) in [5, 5.41) is 9.46. The van der Waals surface area contributed by atoms with Crippen molar-refractivity contribution in [2.75, 3.05) is 6.61 Å². The highest BCUT2D eigenvalue weighted by Crippen LogP contribution is 2.14. The Bertz CT molecular complexity index is 536. The number of aliphatic carboxylic acids is 1. The van der Waals surface area contributed by atoms with Crippen LogP contribution in [0.4, 0.5) is 0 Å². The number of allylic oxidation sites excluding steroid dienone is 4. The zero-order chi connectivity index (χ0) is 19.9. The number of carboxylic acid groups (broad SMARTS) is 1. The smallest absolute Gasteiger partial charge is 0.327 e. The third-order valence-electron chi connectivity index (χ3n) is 3.38. The summed E-state index contributed by atoms with van der Waals surface area (Å²) >= 11 is 0. The number of amides is 2. The summed E-state index contributed by atoms with van der Waals surface area (Å²) in [5.74, 6) is -3.50. The first-order chi connectivity index (χ1) is 12.4. The van der Waals surface area contributed by atoms with E-state index >= 15 is 0 Å². The van der Waals surface area contributed by atoms with Crippen LogP contribution in [0.25, 0.3) is 0 Å². The maximum Gasteiger partial charge on any atom is 0.327 e. The molecule has 1 atom stereocenters. The fraction of sp³-hybridized carbons (Fsp3) is 0.474. The number of ether oxygens (including phenoxy) is 1. The van der Waals surface area contributed by atoms with Gasteiger partial charge in [0.1, 0.15) is 12.6 Å². The van der Waals surface area contributed by atoms with E-state index in [9.17, 15) is 24.3 Å². The van der Waals surface area contributed by atoms with Gasteiger partial charge in [0.2, 0.25) is 11.8 Å².